The smallest absolute Gasteiger partial charge is 0.147 e. The third kappa shape index (κ3) is 2.83. The number of nitrogens with one attached hydrogen (secondary N) is 2. The van der Waals surface area contributed by atoms with Crippen LogP contribution >= 0.6 is 11.6 Å². The maximum atomic E-state index is 13.4. The zero-order chi connectivity index (χ0) is 10.7. The highest BCUT2D eigenvalue weighted by Crippen LogP contribution is 2.20. The zero-order valence-electron chi connectivity index (χ0n) is 8.39. The van der Waals surface area contributed by atoms with E-state index in [0.717, 1.165) is 25.9 Å². The van der Waals surface area contributed by atoms with Crippen molar-refractivity contribution in [1.82, 2.24) is 5.32 Å². The molecule has 0 spiro atoms. The van der Waals surface area contributed by atoms with Crippen molar-refractivity contribution in [3.8, 4) is 0 Å². The molecule has 1 atom stereocenters. The van der Waals surface area contributed by atoms with E-state index in [-0.39, 0.29) is 5.82 Å². The van der Waals surface area contributed by atoms with E-state index in [9.17, 15) is 4.39 Å². The van der Waals surface area contributed by atoms with Gasteiger partial charge in [0.25, 0.3) is 0 Å². The average molecular weight is 229 g/mol. The molecule has 0 amide bonds. The first kappa shape index (κ1) is 10.7. The number of rotatable bonds is 2. The van der Waals surface area contributed by atoms with E-state index in [1.165, 1.54) is 6.07 Å². The monoisotopic (exact) mass is 228 g/mol. The lowest BCUT2D eigenvalue weighted by Crippen LogP contribution is -2.38. The van der Waals surface area contributed by atoms with Crippen LogP contribution in [0.2, 0.25) is 5.02 Å². The molecule has 1 aromatic carbocycles. The van der Waals surface area contributed by atoms with Gasteiger partial charge in [0, 0.05) is 17.6 Å². The van der Waals surface area contributed by atoms with Crippen molar-refractivity contribution in [3.05, 3.63) is 29.0 Å². The van der Waals surface area contributed by atoms with Crippen LogP contribution in [0.15, 0.2) is 18.2 Å². The maximum Gasteiger partial charge on any atom is 0.147 e. The van der Waals surface area contributed by atoms with E-state index in [2.05, 4.69) is 10.6 Å². The SMILES string of the molecule is Fc1cc(Cl)ccc1NC1CCCNC1. The Morgan fingerprint density at radius 2 is 2.33 bits per heavy atom. The first-order valence-corrected chi connectivity index (χ1v) is 5.56. The van der Waals surface area contributed by atoms with Crippen molar-refractivity contribution >= 4 is 17.3 Å². The molecule has 15 heavy (non-hydrogen) atoms. The van der Waals surface area contributed by atoms with Crippen LogP contribution in [0.25, 0.3) is 0 Å². The molecule has 4 heteroatoms. The van der Waals surface area contributed by atoms with Gasteiger partial charge in [0.2, 0.25) is 0 Å². The van der Waals surface area contributed by atoms with Gasteiger partial charge in [0.15, 0.2) is 0 Å². The Hall–Kier alpha value is -0.800. The molecule has 2 rings (SSSR count). The molecule has 0 aliphatic carbocycles. The van der Waals surface area contributed by atoms with Crippen molar-refractivity contribution in [2.24, 2.45) is 0 Å². The predicted octanol–water partition coefficient (Wildman–Crippen LogP) is 2.64. The van der Waals surface area contributed by atoms with E-state index in [4.69, 9.17) is 11.6 Å². The molecule has 0 aromatic heterocycles. The minimum absolute atomic E-state index is 0.284. The first-order chi connectivity index (χ1) is 7.25. The summed E-state index contributed by atoms with van der Waals surface area (Å²) in [6, 6.07) is 5.03. The summed E-state index contributed by atoms with van der Waals surface area (Å²) in [5, 5.41) is 6.89. The summed E-state index contributed by atoms with van der Waals surface area (Å²) in [5.74, 6) is -0.284. The Bertz CT molecular complexity index is 337. The fourth-order valence-electron chi connectivity index (χ4n) is 1.80. The Kier molecular flexibility index (Phi) is 3.44. The van der Waals surface area contributed by atoms with Gasteiger partial charge in [0.1, 0.15) is 5.82 Å². The van der Waals surface area contributed by atoms with Gasteiger partial charge >= 0.3 is 0 Å². The largest absolute Gasteiger partial charge is 0.379 e. The van der Waals surface area contributed by atoms with Crippen LogP contribution in [0.1, 0.15) is 12.8 Å². The molecule has 2 nitrogen and oxygen atoms in total. The summed E-state index contributed by atoms with van der Waals surface area (Å²) in [6.07, 6.45) is 2.21. The van der Waals surface area contributed by atoms with Crippen molar-refractivity contribution in [2.75, 3.05) is 18.4 Å². The molecule has 1 saturated heterocycles. The Morgan fingerprint density at radius 3 is 3.00 bits per heavy atom. The van der Waals surface area contributed by atoms with Crippen molar-refractivity contribution in [2.45, 2.75) is 18.9 Å². The average Bonchev–Trinajstić information content (AvgIpc) is 2.24. The van der Waals surface area contributed by atoms with E-state index >= 15 is 0 Å². The summed E-state index contributed by atoms with van der Waals surface area (Å²) >= 11 is 5.68. The maximum absolute atomic E-state index is 13.4. The minimum atomic E-state index is -0.284. The zero-order valence-corrected chi connectivity index (χ0v) is 9.15. The van der Waals surface area contributed by atoms with Crippen molar-refractivity contribution < 1.29 is 4.39 Å². The lowest BCUT2D eigenvalue weighted by molar-refractivity contribution is 0.477. The van der Waals surface area contributed by atoms with Gasteiger partial charge in [-0.3, -0.25) is 0 Å². The molecule has 1 unspecified atom stereocenters. The first-order valence-electron chi connectivity index (χ1n) is 5.18. The summed E-state index contributed by atoms with van der Waals surface area (Å²) < 4.78 is 13.4. The molecule has 82 valence electrons. The van der Waals surface area contributed by atoms with Gasteiger partial charge in [-0.15, -0.1) is 0 Å². The Labute approximate surface area is 93.8 Å². The number of anilines is 1. The summed E-state index contributed by atoms with van der Waals surface area (Å²) in [5.41, 5.74) is 0.535. The van der Waals surface area contributed by atoms with E-state index in [1.54, 1.807) is 12.1 Å². The second kappa shape index (κ2) is 4.81. The lowest BCUT2D eigenvalue weighted by atomic mass is 10.1. The quantitative estimate of drug-likeness (QED) is 0.813. The number of piperidine rings is 1. The molecule has 0 bridgehead atoms. The number of benzene rings is 1. The standard InChI is InChI=1S/C11H14ClFN2/c12-8-3-4-11(10(13)6-8)15-9-2-1-5-14-7-9/h3-4,6,9,14-15H,1-2,5,7H2. The van der Waals surface area contributed by atoms with Gasteiger partial charge in [-0.05, 0) is 37.6 Å². The van der Waals surface area contributed by atoms with Crippen molar-refractivity contribution in [1.29, 1.82) is 0 Å². The second-order valence-corrected chi connectivity index (χ2v) is 4.25. The van der Waals surface area contributed by atoms with Crippen LogP contribution in [0, 0.1) is 5.82 Å². The molecule has 0 radical (unpaired) electrons. The summed E-state index contributed by atoms with van der Waals surface area (Å²) in [4.78, 5) is 0. The van der Waals surface area contributed by atoms with Gasteiger partial charge < -0.3 is 10.6 Å². The molecular weight excluding hydrogens is 215 g/mol. The van der Waals surface area contributed by atoms with E-state index < -0.39 is 0 Å². The van der Waals surface area contributed by atoms with E-state index in [1.807, 2.05) is 0 Å². The Balaban J connectivity index is 2.03. The molecule has 1 aliphatic heterocycles. The highest BCUT2D eigenvalue weighted by molar-refractivity contribution is 6.30. The molecule has 0 saturated carbocycles. The van der Waals surface area contributed by atoms with E-state index in [0.29, 0.717) is 16.8 Å². The highest BCUT2D eigenvalue weighted by atomic mass is 35.5. The van der Waals surface area contributed by atoms with Crippen LogP contribution in [-0.2, 0) is 0 Å². The molecule has 1 aromatic rings. The lowest BCUT2D eigenvalue weighted by Gasteiger charge is -2.25. The van der Waals surface area contributed by atoms with Gasteiger partial charge in [-0.1, -0.05) is 11.6 Å². The van der Waals surface area contributed by atoms with Gasteiger partial charge in [0.05, 0.1) is 5.69 Å². The van der Waals surface area contributed by atoms with Crippen molar-refractivity contribution in [3.63, 3.8) is 0 Å². The summed E-state index contributed by atoms with van der Waals surface area (Å²) in [6.45, 7) is 1.95. The third-order valence-corrected chi connectivity index (χ3v) is 2.82. The van der Waals surface area contributed by atoms with Crippen LogP contribution < -0.4 is 10.6 Å². The fraction of sp³-hybridized carbons (Fsp3) is 0.455. The van der Waals surface area contributed by atoms with Crippen LogP contribution in [0.3, 0.4) is 0 Å². The van der Waals surface area contributed by atoms with Crippen LogP contribution in [0.4, 0.5) is 10.1 Å². The second-order valence-electron chi connectivity index (χ2n) is 3.81. The van der Waals surface area contributed by atoms with Crippen LogP contribution in [-0.4, -0.2) is 19.1 Å². The van der Waals surface area contributed by atoms with Crippen LogP contribution in [0.5, 0.6) is 0 Å². The fourth-order valence-corrected chi connectivity index (χ4v) is 1.96. The van der Waals surface area contributed by atoms with Gasteiger partial charge in [-0.2, -0.15) is 0 Å². The molecule has 1 heterocycles. The normalized spacial score (nSPS) is 21.3. The van der Waals surface area contributed by atoms with Gasteiger partial charge in [-0.25, -0.2) is 4.39 Å². The minimum Gasteiger partial charge on any atom is -0.379 e. The highest BCUT2D eigenvalue weighted by Gasteiger charge is 2.13. The topological polar surface area (TPSA) is 24.1 Å². The molecule has 1 aliphatic rings. The number of hydrogen-bond acceptors (Lipinski definition) is 2. The molecule has 1 fully saturated rings. The number of halogens is 2. The molecule has 2 N–H and O–H groups in total. The third-order valence-electron chi connectivity index (χ3n) is 2.59. The predicted molar refractivity (Wildman–Crippen MR) is 60.9 cm³/mol. The molecular formula is C11H14ClFN2. The summed E-state index contributed by atoms with van der Waals surface area (Å²) in [7, 11) is 0. The number of hydrogen-bond donors (Lipinski definition) is 2. The Morgan fingerprint density at radius 1 is 1.47 bits per heavy atom.